The smallest absolute Gasteiger partial charge is 0.338 e. The predicted octanol–water partition coefficient (Wildman–Crippen LogP) is 4.24. The van der Waals surface area contributed by atoms with E-state index in [-0.39, 0.29) is 18.0 Å². The first-order valence-corrected chi connectivity index (χ1v) is 9.17. The number of carbonyl (C=O) groups excluding carboxylic acids is 1. The zero-order valence-corrected chi connectivity index (χ0v) is 16.0. The highest BCUT2D eigenvalue weighted by Crippen LogP contribution is 2.34. The number of hydrogen-bond donors (Lipinski definition) is 2. The van der Waals surface area contributed by atoms with E-state index in [2.05, 4.69) is 15.7 Å². The van der Waals surface area contributed by atoms with Gasteiger partial charge in [0, 0.05) is 29.8 Å². The summed E-state index contributed by atoms with van der Waals surface area (Å²) in [4.78, 5) is 11.7. The normalized spacial score (nSPS) is 19.1. The van der Waals surface area contributed by atoms with Crippen LogP contribution in [0.15, 0.2) is 36.4 Å². The van der Waals surface area contributed by atoms with Gasteiger partial charge in [-0.25, -0.2) is 9.48 Å². The highest BCUT2D eigenvalue weighted by atomic mass is 19.4. The Bertz CT molecular complexity index is 884. The number of halogens is 3. The van der Waals surface area contributed by atoms with E-state index in [1.807, 2.05) is 32.9 Å². The van der Waals surface area contributed by atoms with Gasteiger partial charge >= 0.3 is 12.2 Å². The molecule has 150 valence electrons. The van der Waals surface area contributed by atoms with Gasteiger partial charge < -0.3 is 10.6 Å². The number of allylic oxidation sites excluding steroid dienone is 1. The number of carbonyl (C=O) groups is 1. The van der Waals surface area contributed by atoms with Gasteiger partial charge in [0.05, 0.1) is 16.9 Å². The summed E-state index contributed by atoms with van der Waals surface area (Å²) in [5.41, 5.74) is 2.64. The van der Waals surface area contributed by atoms with Gasteiger partial charge in [0.1, 0.15) is 0 Å². The van der Waals surface area contributed by atoms with Crippen molar-refractivity contribution in [2.45, 2.75) is 45.3 Å². The Morgan fingerprint density at radius 3 is 2.50 bits per heavy atom. The lowest BCUT2D eigenvalue weighted by Crippen LogP contribution is -2.40. The van der Waals surface area contributed by atoms with Crippen molar-refractivity contribution in [1.29, 1.82) is 0 Å². The van der Waals surface area contributed by atoms with Crippen LogP contribution in [0.25, 0.3) is 5.69 Å². The second-order valence-corrected chi connectivity index (χ2v) is 6.88. The first kappa shape index (κ1) is 20.0. The number of hydrogen-bond acceptors (Lipinski definition) is 2. The minimum Gasteiger partial charge on any atom is -0.338 e. The number of benzene rings is 1. The second kappa shape index (κ2) is 7.69. The molecule has 0 aliphatic heterocycles. The largest absolute Gasteiger partial charge is 0.416 e. The maximum absolute atomic E-state index is 12.8. The molecule has 3 rings (SSSR count). The molecule has 1 aliphatic carbocycles. The van der Waals surface area contributed by atoms with Crippen LogP contribution in [-0.4, -0.2) is 28.4 Å². The van der Waals surface area contributed by atoms with Gasteiger partial charge in [0.2, 0.25) is 0 Å². The molecular formula is C20H23F3N4O. The molecule has 0 saturated heterocycles. The molecule has 0 bridgehead atoms. The Labute approximate surface area is 161 Å². The van der Waals surface area contributed by atoms with Crippen LogP contribution >= 0.6 is 0 Å². The topological polar surface area (TPSA) is 59.0 Å². The molecule has 5 nitrogen and oxygen atoms in total. The molecule has 2 amide bonds. The Morgan fingerprint density at radius 1 is 1.21 bits per heavy atom. The van der Waals surface area contributed by atoms with Crippen molar-refractivity contribution in [2.75, 3.05) is 6.54 Å². The van der Waals surface area contributed by atoms with Gasteiger partial charge in [0.25, 0.3) is 0 Å². The molecule has 2 aromatic rings. The monoisotopic (exact) mass is 392 g/mol. The first-order chi connectivity index (χ1) is 13.2. The van der Waals surface area contributed by atoms with E-state index in [9.17, 15) is 18.0 Å². The van der Waals surface area contributed by atoms with Crippen LogP contribution in [0.2, 0.25) is 0 Å². The van der Waals surface area contributed by atoms with Gasteiger partial charge in [-0.2, -0.15) is 18.3 Å². The molecule has 1 aromatic carbocycles. The van der Waals surface area contributed by atoms with Gasteiger partial charge in [0.15, 0.2) is 0 Å². The minimum atomic E-state index is -4.36. The highest BCUT2D eigenvalue weighted by Gasteiger charge is 2.30. The molecule has 28 heavy (non-hydrogen) atoms. The summed E-state index contributed by atoms with van der Waals surface area (Å²) >= 11 is 0. The van der Waals surface area contributed by atoms with Crippen molar-refractivity contribution in [3.8, 4) is 5.69 Å². The molecule has 1 aliphatic rings. The fraction of sp³-hybridized carbons (Fsp3) is 0.400. The van der Waals surface area contributed by atoms with E-state index in [1.165, 1.54) is 12.1 Å². The number of nitrogens with zero attached hydrogens (tertiary/aromatic N) is 2. The van der Waals surface area contributed by atoms with Crippen molar-refractivity contribution in [1.82, 2.24) is 20.4 Å². The van der Waals surface area contributed by atoms with Gasteiger partial charge in [-0.3, -0.25) is 0 Å². The summed E-state index contributed by atoms with van der Waals surface area (Å²) < 4.78 is 40.0. The molecule has 1 aromatic heterocycles. The maximum atomic E-state index is 12.8. The third kappa shape index (κ3) is 4.05. The fourth-order valence-electron chi connectivity index (χ4n) is 3.63. The van der Waals surface area contributed by atoms with Crippen molar-refractivity contribution < 1.29 is 18.0 Å². The van der Waals surface area contributed by atoms with Crippen LogP contribution in [0.5, 0.6) is 0 Å². The Hall–Kier alpha value is -2.77. The molecular weight excluding hydrogens is 369 g/mol. The van der Waals surface area contributed by atoms with E-state index in [0.29, 0.717) is 12.2 Å². The van der Waals surface area contributed by atoms with Crippen LogP contribution in [0.1, 0.15) is 41.8 Å². The SMILES string of the molecule is CCNC(=O)N[C@H]1C=C[C@@H](c2c(C)nn(-c3ccc(C(F)(F)F)cc3)c2C)C1. The zero-order chi connectivity index (χ0) is 20.5. The molecule has 8 heteroatoms. The number of amides is 2. The Morgan fingerprint density at radius 2 is 1.89 bits per heavy atom. The van der Waals surface area contributed by atoms with Gasteiger partial charge in [-0.1, -0.05) is 12.2 Å². The Balaban J connectivity index is 1.80. The molecule has 1 heterocycles. The summed E-state index contributed by atoms with van der Waals surface area (Å²) in [5.74, 6) is 0.0927. The number of alkyl halides is 3. The summed E-state index contributed by atoms with van der Waals surface area (Å²) in [5, 5.41) is 10.2. The lowest BCUT2D eigenvalue weighted by atomic mass is 9.96. The van der Waals surface area contributed by atoms with Gasteiger partial charge in [-0.05, 0) is 51.5 Å². The third-order valence-corrected chi connectivity index (χ3v) is 4.89. The number of aryl methyl sites for hydroxylation is 1. The maximum Gasteiger partial charge on any atom is 0.416 e. The lowest BCUT2D eigenvalue weighted by Gasteiger charge is -2.15. The van der Waals surface area contributed by atoms with E-state index in [1.54, 1.807) is 4.68 Å². The van der Waals surface area contributed by atoms with E-state index in [4.69, 9.17) is 0 Å². The number of rotatable bonds is 4. The van der Waals surface area contributed by atoms with E-state index >= 15 is 0 Å². The van der Waals surface area contributed by atoms with Gasteiger partial charge in [-0.15, -0.1) is 0 Å². The standard InChI is InChI=1S/C20H23F3N4O/c1-4-24-19(28)25-16-8-5-14(11-16)18-12(2)26-27(13(18)3)17-9-6-15(7-10-17)20(21,22)23/h5-10,14,16H,4,11H2,1-3H3,(H2,24,25,28)/t14-,16+/m1/s1. The lowest BCUT2D eigenvalue weighted by molar-refractivity contribution is -0.137. The molecule has 2 N–H and O–H groups in total. The summed E-state index contributed by atoms with van der Waals surface area (Å²) in [6.45, 7) is 6.21. The average Bonchev–Trinajstić information content (AvgIpc) is 3.18. The van der Waals surface area contributed by atoms with Crippen LogP contribution in [0.3, 0.4) is 0 Å². The molecule has 0 unspecified atom stereocenters. The highest BCUT2D eigenvalue weighted by molar-refractivity contribution is 5.74. The summed E-state index contributed by atoms with van der Waals surface area (Å²) in [6, 6.07) is 4.71. The van der Waals surface area contributed by atoms with Crippen LogP contribution < -0.4 is 10.6 Å². The quantitative estimate of drug-likeness (QED) is 0.765. The van der Waals surface area contributed by atoms with Crippen LogP contribution in [0.4, 0.5) is 18.0 Å². The van der Waals surface area contributed by atoms with Crippen molar-refractivity contribution in [2.24, 2.45) is 0 Å². The summed E-state index contributed by atoms with van der Waals surface area (Å²) in [6.07, 6.45) is 0.371. The number of aromatic nitrogens is 2. The number of urea groups is 1. The fourth-order valence-corrected chi connectivity index (χ4v) is 3.63. The summed E-state index contributed by atoms with van der Waals surface area (Å²) in [7, 11) is 0. The minimum absolute atomic E-state index is 0.0650. The van der Waals surface area contributed by atoms with Crippen LogP contribution in [0, 0.1) is 13.8 Å². The van der Waals surface area contributed by atoms with Crippen molar-refractivity contribution >= 4 is 6.03 Å². The van der Waals surface area contributed by atoms with Crippen molar-refractivity contribution in [3.63, 3.8) is 0 Å². The third-order valence-electron chi connectivity index (χ3n) is 4.89. The number of nitrogens with one attached hydrogen (secondary N) is 2. The first-order valence-electron chi connectivity index (χ1n) is 9.17. The average molecular weight is 392 g/mol. The molecule has 0 radical (unpaired) electrons. The molecule has 2 atom stereocenters. The molecule has 0 fully saturated rings. The van der Waals surface area contributed by atoms with E-state index in [0.717, 1.165) is 35.5 Å². The molecule has 0 saturated carbocycles. The molecule has 0 spiro atoms. The second-order valence-electron chi connectivity index (χ2n) is 6.88. The van der Waals surface area contributed by atoms with Crippen molar-refractivity contribution in [3.05, 3.63) is 58.9 Å². The zero-order valence-electron chi connectivity index (χ0n) is 16.0. The Kier molecular flexibility index (Phi) is 5.49. The van der Waals surface area contributed by atoms with E-state index < -0.39 is 11.7 Å². The predicted molar refractivity (Wildman–Crippen MR) is 101 cm³/mol. The van der Waals surface area contributed by atoms with Crippen LogP contribution in [-0.2, 0) is 6.18 Å².